The van der Waals surface area contributed by atoms with Crippen LogP contribution >= 0.6 is 0 Å². The van der Waals surface area contributed by atoms with E-state index in [-0.39, 0.29) is 6.10 Å². The Hall–Kier alpha value is -0.0800. The molecule has 2 heteroatoms. The van der Waals surface area contributed by atoms with Crippen molar-refractivity contribution >= 4 is 0 Å². The topological polar surface area (TPSA) is 29.5 Å². The summed E-state index contributed by atoms with van der Waals surface area (Å²) in [6.45, 7) is 9.37. The average molecular weight is 200 g/mol. The van der Waals surface area contributed by atoms with Gasteiger partial charge in [0.05, 0.1) is 12.2 Å². The lowest BCUT2D eigenvalue weighted by Gasteiger charge is -2.35. The summed E-state index contributed by atoms with van der Waals surface area (Å²) >= 11 is 0. The van der Waals surface area contributed by atoms with Crippen LogP contribution in [0.15, 0.2) is 0 Å². The van der Waals surface area contributed by atoms with E-state index in [0.29, 0.717) is 23.9 Å². The maximum atomic E-state index is 10.00. The third-order valence-corrected chi connectivity index (χ3v) is 3.27. The molecule has 84 valence electrons. The molecule has 0 amide bonds. The Bertz CT molecular complexity index is 160. The van der Waals surface area contributed by atoms with Gasteiger partial charge in [0.1, 0.15) is 0 Å². The van der Waals surface area contributed by atoms with E-state index in [4.69, 9.17) is 4.74 Å². The molecule has 0 saturated carbocycles. The minimum absolute atomic E-state index is 0.153. The second-order valence-corrected chi connectivity index (χ2v) is 5.17. The van der Waals surface area contributed by atoms with Gasteiger partial charge in [-0.05, 0) is 30.6 Å². The number of hydrogen-bond donors (Lipinski definition) is 1. The summed E-state index contributed by atoms with van der Waals surface area (Å²) in [6, 6.07) is 0. The Kier molecular flexibility index (Phi) is 4.39. The van der Waals surface area contributed by atoms with Crippen LogP contribution in [0.4, 0.5) is 0 Å². The van der Waals surface area contributed by atoms with Gasteiger partial charge in [0.2, 0.25) is 0 Å². The lowest BCUT2D eigenvalue weighted by atomic mass is 9.83. The quantitative estimate of drug-likeness (QED) is 0.758. The lowest BCUT2D eigenvalue weighted by Crippen LogP contribution is -2.37. The van der Waals surface area contributed by atoms with Crippen LogP contribution in [0.25, 0.3) is 0 Å². The van der Waals surface area contributed by atoms with Crippen molar-refractivity contribution < 1.29 is 9.84 Å². The van der Waals surface area contributed by atoms with Gasteiger partial charge in [-0.3, -0.25) is 0 Å². The molecule has 0 aromatic carbocycles. The van der Waals surface area contributed by atoms with Gasteiger partial charge in [-0.15, -0.1) is 0 Å². The first-order valence-corrected chi connectivity index (χ1v) is 5.82. The Morgan fingerprint density at radius 1 is 1.21 bits per heavy atom. The number of hydrogen-bond acceptors (Lipinski definition) is 2. The van der Waals surface area contributed by atoms with E-state index < -0.39 is 0 Å². The molecule has 1 saturated heterocycles. The van der Waals surface area contributed by atoms with Crippen molar-refractivity contribution in [1.29, 1.82) is 0 Å². The second kappa shape index (κ2) is 5.13. The van der Waals surface area contributed by atoms with Crippen LogP contribution in [0.3, 0.4) is 0 Å². The fourth-order valence-corrected chi connectivity index (χ4v) is 2.17. The summed E-state index contributed by atoms with van der Waals surface area (Å²) in [5.41, 5.74) is 0. The van der Waals surface area contributed by atoms with Gasteiger partial charge < -0.3 is 9.84 Å². The summed E-state index contributed by atoms with van der Waals surface area (Å²) in [5.74, 6) is 1.37. The van der Waals surface area contributed by atoms with Crippen LogP contribution < -0.4 is 0 Å². The largest absolute Gasteiger partial charge is 0.393 e. The van der Waals surface area contributed by atoms with E-state index in [0.717, 1.165) is 19.4 Å². The molecular weight excluding hydrogens is 176 g/mol. The van der Waals surface area contributed by atoms with Crippen molar-refractivity contribution in [2.24, 2.45) is 17.8 Å². The first-order chi connectivity index (χ1) is 6.52. The van der Waals surface area contributed by atoms with E-state index in [1.54, 1.807) is 0 Å². The van der Waals surface area contributed by atoms with E-state index in [1.165, 1.54) is 0 Å². The monoisotopic (exact) mass is 200 g/mol. The van der Waals surface area contributed by atoms with Crippen molar-refractivity contribution in [3.63, 3.8) is 0 Å². The predicted molar refractivity (Wildman–Crippen MR) is 58.1 cm³/mol. The first-order valence-electron chi connectivity index (χ1n) is 5.82. The molecule has 3 unspecified atom stereocenters. The summed E-state index contributed by atoms with van der Waals surface area (Å²) < 4.78 is 5.69. The van der Waals surface area contributed by atoms with Gasteiger partial charge in [0.25, 0.3) is 0 Å². The molecular formula is C12H24O2. The maximum absolute atomic E-state index is 10.00. The van der Waals surface area contributed by atoms with Gasteiger partial charge in [0.15, 0.2) is 0 Å². The van der Waals surface area contributed by atoms with Crippen LogP contribution in [0.5, 0.6) is 0 Å². The molecule has 1 aliphatic rings. The summed E-state index contributed by atoms with van der Waals surface area (Å²) in [5, 5.41) is 10.00. The van der Waals surface area contributed by atoms with Crippen molar-refractivity contribution in [3.05, 3.63) is 0 Å². The number of rotatable bonds is 3. The molecule has 3 atom stereocenters. The highest BCUT2D eigenvalue weighted by Crippen LogP contribution is 2.29. The van der Waals surface area contributed by atoms with Gasteiger partial charge in [-0.2, -0.15) is 0 Å². The van der Waals surface area contributed by atoms with Crippen LogP contribution in [0.2, 0.25) is 0 Å². The van der Waals surface area contributed by atoms with Crippen LogP contribution in [0.1, 0.15) is 40.5 Å². The van der Waals surface area contributed by atoms with Crippen molar-refractivity contribution in [1.82, 2.24) is 0 Å². The highest BCUT2D eigenvalue weighted by molar-refractivity contribution is 4.80. The fourth-order valence-electron chi connectivity index (χ4n) is 2.17. The molecule has 1 aliphatic heterocycles. The number of aliphatic hydroxyl groups excluding tert-OH is 1. The molecule has 1 N–H and O–H groups in total. The second-order valence-electron chi connectivity index (χ2n) is 5.17. The maximum Gasteiger partial charge on any atom is 0.0601 e. The number of ether oxygens (including phenoxy) is 1. The highest BCUT2D eigenvalue weighted by atomic mass is 16.5. The Labute approximate surface area is 87.7 Å². The molecule has 0 spiro atoms. The predicted octanol–water partition coefficient (Wildman–Crippen LogP) is 2.45. The number of aliphatic hydroxyl groups is 1. The van der Waals surface area contributed by atoms with Gasteiger partial charge in [-0.25, -0.2) is 0 Å². The van der Waals surface area contributed by atoms with E-state index in [9.17, 15) is 5.11 Å². The molecule has 1 fully saturated rings. The smallest absolute Gasteiger partial charge is 0.0601 e. The highest BCUT2D eigenvalue weighted by Gasteiger charge is 2.30. The first kappa shape index (κ1) is 12.0. The van der Waals surface area contributed by atoms with Crippen LogP contribution in [0, 0.1) is 17.8 Å². The molecule has 1 rings (SSSR count). The zero-order chi connectivity index (χ0) is 10.7. The Morgan fingerprint density at radius 2 is 1.86 bits per heavy atom. The van der Waals surface area contributed by atoms with Gasteiger partial charge in [0, 0.05) is 6.61 Å². The van der Waals surface area contributed by atoms with E-state index in [2.05, 4.69) is 27.7 Å². The lowest BCUT2D eigenvalue weighted by molar-refractivity contribution is -0.0709. The molecule has 0 aromatic rings. The fraction of sp³-hybridized carbons (Fsp3) is 1.00. The third-order valence-electron chi connectivity index (χ3n) is 3.27. The van der Waals surface area contributed by atoms with Crippen molar-refractivity contribution in [2.75, 3.05) is 6.61 Å². The van der Waals surface area contributed by atoms with E-state index in [1.807, 2.05) is 0 Å². The zero-order valence-corrected chi connectivity index (χ0v) is 9.86. The van der Waals surface area contributed by atoms with Crippen LogP contribution in [-0.4, -0.2) is 23.9 Å². The molecule has 0 aromatic heterocycles. The standard InChI is InChI=1S/C12H24O2/c1-8(2)11-7-10(5-6-14-11)12(13)9(3)4/h8-13H,5-7H2,1-4H3. The molecule has 0 aliphatic carbocycles. The molecule has 2 nitrogen and oxygen atoms in total. The molecule has 14 heavy (non-hydrogen) atoms. The van der Waals surface area contributed by atoms with Crippen molar-refractivity contribution in [3.8, 4) is 0 Å². The Balaban J connectivity index is 2.47. The van der Waals surface area contributed by atoms with Gasteiger partial charge in [-0.1, -0.05) is 27.7 Å². The molecule has 1 heterocycles. The van der Waals surface area contributed by atoms with Gasteiger partial charge >= 0.3 is 0 Å². The van der Waals surface area contributed by atoms with Crippen LogP contribution in [-0.2, 0) is 4.74 Å². The third kappa shape index (κ3) is 2.96. The molecule has 0 bridgehead atoms. The minimum atomic E-state index is -0.153. The summed E-state index contributed by atoms with van der Waals surface area (Å²) in [7, 11) is 0. The molecule has 0 radical (unpaired) electrons. The summed E-state index contributed by atoms with van der Waals surface area (Å²) in [4.78, 5) is 0. The van der Waals surface area contributed by atoms with E-state index >= 15 is 0 Å². The Morgan fingerprint density at radius 3 is 2.36 bits per heavy atom. The zero-order valence-electron chi connectivity index (χ0n) is 9.86. The van der Waals surface area contributed by atoms with Crippen molar-refractivity contribution in [2.45, 2.75) is 52.7 Å². The minimum Gasteiger partial charge on any atom is -0.393 e. The SMILES string of the molecule is CC(C)C1CC(C(O)C(C)C)CCO1. The average Bonchev–Trinajstić information content (AvgIpc) is 2.16. The summed E-state index contributed by atoms with van der Waals surface area (Å²) in [6.07, 6.45) is 2.24. The normalized spacial score (nSPS) is 31.1.